The van der Waals surface area contributed by atoms with Crippen LogP contribution in [0.3, 0.4) is 0 Å². The van der Waals surface area contributed by atoms with Crippen LogP contribution in [0, 0.1) is 0 Å². The van der Waals surface area contributed by atoms with Crippen LogP contribution in [0.2, 0.25) is 0 Å². The number of anilines is 1. The zero-order chi connectivity index (χ0) is 22.8. The summed E-state index contributed by atoms with van der Waals surface area (Å²) in [7, 11) is -1.09. The molecule has 0 bridgehead atoms. The van der Waals surface area contributed by atoms with Gasteiger partial charge < -0.3 is 19.7 Å². The highest BCUT2D eigenvalue weighted by Gasteiger charge is 2.32. The van der Waals surface area contributed by atoms with Crippen molar-refractivity contribution < 1.29 is 32.3 Å². The highest BCUT2D eigenvalue weighted by Crippen LogP contribution is 2.38. The minimum Gasteiger partial charge on any atom is -0.465 e. The summed E-state index contributed by atoms with van der Waals surface area (Å²) in [6.07, 6.45) is -0.0925. The molecule has 0 saturated carbocycles. The molecule has 2 amide bonds. The summed E-state index contributed by atoms with van der Waals surface area (Å²) in [5, 5.41) is 2.92. The number of fused-ring (bicyclic) bond motifs is 1. The maximum atomic E-state index is 13.0. The van der Waals surface area contributed by atoms with Gasteiger partial charge in [-0.3, -0.25) is 4.79 Å². The normalized spacial score (nSPS) is 13.3. The molecule has 0 radical (unpaired) electrons. The summed E-state index contributed by atoms with van der Waals surface area (Å²) >= 11 is 1.15. The lowest BCUT2D eigenvalue weighted by molar-refractivity contribution is 0.0600. The van der Waals surface area contributed by atoms with Gasteiger partial charge in [-0.25, -0.2) is 18.0 Å². The smallest absolute Gasteiger partial charge is 0.409 e. The second kappa shape index (κ2) is 9.06. The first-order valence-corrected chi connectivity index (χ1v) is 11.9. The summed E-state index contributed by atoms with van der Waals surface area (Å²) < 4.78 is 34.4. The molecule has 11 heteroatoms. The number of esters is 1. The second-order valence-electron chi connectivity index (χ2n) is 6.69. The van der Waals surface area contributed by atoms with E-state index < -0.39 is 27.8 Å². The van der Waals surface area contributed by atoms with Gasteiger partial charge in [0, 0.05) is 11.4 Å². The number of amides is 2. The van der Waals surface area contributed by atoms with Gasteiger partial charge in [0.1, 0.15) is 5.00 Å². The quantitative estimate of drug-likeness (QED) is 0.673. The van der Waals surface area contributed by atoms with Crippen molar-refractivity contribution in [3.05, 3.63) is 45.8 Å². The Morgan fingerprint density at radius 3 is 2.52 bits per heavy atom. The topological polar surface area (TPSA) is 119 Å². The molecule has 166 valence electrons. The lowest BCUT2D eigenvalue weighted by Gasteiger charge is -2.25. The SMILES string of the molecule is CCS(=O)(=O)c1ccccc1C(=O)Nc1sc2c(c1C(=O)OC)CCN(C(=O)OC)C2. The van der Waals surface area contributed by atoms with Crippen molar-refractivity contribution in [2.75, 3.05) is 31.8 Å². The monoisotopic (exact) mass is 466 g/mol. The van der Waals surface area contributed by atoms with Gasteiger partial charge in [-0.15, -0.1) is 11.3 Å². The molecule has 1 aromatic carbocycles. The Hall–Kier alpha value is -2.92. The van der Waals surface area contributed by atoms with Crippen LogP contribution in [0.5, 0.6) is 0 Å². The third kappa shape index (κ3) is 4.42. The van der Waals surface area contributed by atoms with E-state index in [1.54, 1.807) is 12.1 Å². The van der Waals surface area contributed by atoms with Crippen molar-refractivity contribution in [3.63, 3.8) is 0 Å². The van der Waals surface area contributed by atoms with E-state index in [0.717, 1.165) is 16.2 Å². The Bertz CT molecular complexity index is 1140. The number of benzene rings is 1. The predicted molar refractivity (Wildman–Crippen MR) is 114 cm³/mol. The molecule has 31 heavy (non-hydrogen) atoms. The van der Waals surface area contributed by atoms with Gasteiger partial charge in [0.2, 0.25) is 0 Å². The minimum absolute atomic E-state index is 0.0114. The van der Waals surface area contributed by atoms with Crippen LogP contribution in [-0.2, 0) is 32.3 Å². The number of nitrogens with zero attached hydrogens (tertiary/aromatic N) is 1. The summed E-state index contributed by atoms with van der Waals surface area (Å²) in [6, 6.07) is 5.91. The minimum atomic E-state index is -3.63. The first-order chi connectivity index (χ1) is 14.7. The number of nitrogens with one attached hydrogen (secondary N) is 1. The van der Waals surface area contributed by atoms with Crippen LogP contribution in [0.15, 0.2) is 29.2 Å². The number of methoxy groups -OCH3 is 2. The van der Waals surface area contributed by atoms with Crippen molar-refractivity contribution in [1.29, 1.82) is 0 Å². The van der Waals surface area contributed by atoms with E-state index in [2.05, 4.69) is 5.32 Å². The van der Waals surface area contributed by atoms with Gasteiger partial charge in [0.15, 0.2) is 9.84 Å². The van der Waals surface area contributed by atoms with E-state index in [1.165, 1.54) is 38.2 Å². The standard InChI is InChI=1S/C20H22N2O7S2/c1-4-31(26,27)15-8-6-5-7-13(15)17(23)21-18-16(19(24)28-2)12-9-10-22(20(25)29-3)11-14(12)30-18/h5-8H,4,9-11H2,1-3H3,(H,21,23). The molecular formula is C20H22N2O7S2. The zero-order valence-electron chi connectivity index (χ0n) is 17.3. The van der Waals surface area contributed by atoms with Crippen LogP contribution < -0.4 is 5.32 Å². The fraction of sp³-hybridized carbons (Fsp3) is 0.350. The number of hydrogen-bond donors (Lipinski definition) is 1. The Kier molecular flexibility index (Phi) is 6.65. The van der Waals surface area contributed by atoms with E-state index in [9.17, 15) is 22.8 Å². The summed E-state index contributed by atoms with van der Waals surface area (Å²) in [5.41, 5.74) is 0.903. The van der Waals surface area contributed by atoms with Crippen LogP contribution in [-0.4, -0.2) is 57.8 Å². The number of ether oxygens (including phenoxy) is 2. The van der Waals surface area contributed by atoms with Gasteiger partial charge in [-0.05, 0) is 24.1 Å². The third-order valence-corrected chi connectivity index (χ3v) is 7.87. The van der Waals surface area contributed by atoms with E-state index in [4.69, 9.17) is 9.47 Å². The molecule has 0 atom stereocenters. The highest BCUT2D eigenvalue weighted by atomic mass is 32.2. The average Bonchev–Trinajstić information content (AvgIpc) is 3.14. The fourth-order valence-electron chi connectivity index (χ4n) is 3.35. The van der Waals surface area contributed by atoms with Gasteiger partial charge in [-0.2, -0.15) is 0 Å². The maximum absolute atomic E-state index is 13.0. The lowest BCUT2D eigenvalue weighted by atomic mass is 10.0. The van der Waals surface area contributed by atoms with Crippen molar-refractivity contribution >= 4 is 44.1 Å². The Labute approximate surface area is 183 Å². The van der Waals surface area contributed by atoms with Crippen molar-refractivity contribution in [1.82, 2.24) is 4.90 Å². The number of sulfone groups is 1. The van der Waals surface area contributed by atoms with Crippen LogP contribution in [0.4, 0.5) is 9.80 Å². The molecule has 9 nitrogen and oxygen atoms in total. The third-order valence-electron chi connectivity index (χ3n) is 4.95. The average molecular weight is 467 g/mol. The molecule has 0 fully saturated rings. The van der Waals surface area contributed by atoms with Crippen LogP contribution >= 0.6 is 11.3 Å². The van der Waals surface area contributed by atoms with Crippen LogP contribution in [0.1, 0.15) is 38.1 Å². The first kappa shape index (κ1) is 22.8. The molecule has 0 spiro atoms. The fourth-order valence-corrected chi connectivity index (χ4v) is 5.69. The van der Waals surface area contributed by atoms with Gasteiger partial charge in [0.25, 0.3) is 5.91 Å². The zero-order valence-corrected chi connectivity index (χ0v) is 18.9. The van der Waals surface area contributed by atoms with E-state index in [1.807, 2.05) is 0 Å². The first-order valence-electron chi connectivity index (χ1n) is 9.42. The molecule has 2 aromatic rings. The Balaban J connectivity index is 2.00. The van der Waals surface area contributed by atoms with E-state index in [-0.39, 0.29) is 33.3 Å². The second-order valence-corrected chi connectivity index (χ2v) is 10.0. The van der Waals surface area contributed by atoms with Crippen molar-refractivity contribution in [2.45, 2.75) is 24.8 Å². The number of hydrogen-bond acceptors (Lipinski definition) is 8. The molecule has 3 rings (SSSR count). The molecule has 0 aliphatic carbocycles. The molecule has 1 aliphatic heterocycles. The molecule has 0 saturated heterocycles. The summed E-state index contributed by atoms with van der Waals surface area (Å²) in [4.78, 5) is 39.5. The number of carbonyl (C=O) groups is 3. The molecule has 1 N–H and O–H groups in total. The largest absolute Gasteiger partial charge is 0.465 e. The van der Waals surface area contributed by atoms with Crippen LogP contribution in [0.25, 0.3) is 0 Å². The maximum Gasteiger partial charge on any atom is 0.409 e. The summed E-state index contributed by atoms with van der Waals surface area (Å²) in [5.74, 6) is -1.42. The Morgan fingerprint density at radius 1 is 1.16 bits per heavy atom. The number of rotatable bonds is 5. The van der Waals surface area contributed by atoms with E-state index in [0.29, 0.717) is 18.5 Å². The molecular weight excluding hydrogens is 444 g/mol. The van der Waals surface area contributed by atoms with E-state index >= 15 is 0 Å². The lowest BCUT2D eigenvalue weighted by Crippen LogP contribution is -2.35. The highest BCUT2D eigenvalue weighted by molar-refractivity contribution is 7.91. The number of thiophene rings is 1. The molecule has 0 unspecified atom stereocenters. The van der Waals surface area contributed by atoms with Crippen molar-refractivity contribution in [3.8, 4) is 0 Å². The molecule has 2 heterocycles. The van der Waals surface area contributed by atoms with Gasteiger partial charge in [0.05, 0.1) is 42.5 Å². The Morgan fingerprint density at radius 2 is 1.87 bits per heavy atom. The van der Waals surface area contributed by atoms with Crippen molar-refractivity contribution in [2.24, 2.45) is 0 Å². The molecule has 1 aliphatic rings. The summed E-state index contributed by atoms with van der Waals surface area (Å²) in [6.45, 7) is 2.08. The predicted octanol–water partition coefficient (Wildman–Crippen LogP) is 2.71. The molecule has 1 aromatic heterocycles. The van der Waals surface area contributed by atoms with Gasteiger partial charge >= 0.3 is 12.1 Å². The number of carbonyl (C=O) groups excluding carboxylic acids is 3. The van der Waals surface area contributed by atoms with Gasteiger partial charge in [-0.1, -0.05) is 19.1 Å².